The number of nitrogens with two attached hydrogens (primary N) is 1. The molecule has 1 aromatic heterocycles. The second-order valence-electron chi connectivity index (χ2n) is 3.20. The minimum absolute atomic E-state index is 0.180. The van der Waals surface area contributed by atoms with Crippen LogP contribution >= 0.6 is 34.5 Å². The molecule has 0 saturated carbocycles. The molecule has 0 aliphatic rings. The van der Waals surface area contributed by atoms with Crippen molar-refractivity contribution in [2.75, 3.05) is 0 Å². The minimum Gasteiger partial charge on any atom is -0.320 e. The monoisotopic (exact) mass is 257 g/mol. The van der Waals surface area contributed by atoms with Gasteiger partial charge in [0.25, 0.3) is 0 Å². The van der Waals surface area contributed by atoms with Gasteiger partial charge in [0.15, 0.2) is 0 Å². The van der Waals surface area contributed by atoms with E-state index in [1.54, 1.807) is 23.5 Å². The molecule has 0 aliphatic carbocycles. The second-order valence-corrected chi connectivity index (χ2v) is 4.82. The van der Waals surface area contributed by atoms with Gasteiger partial charge < -0.3 is 5.73 Å². The molecule has 0 aliphatic heterocycles. The van der Waals surface area contributed by atoms with Crippen molar-refractivity contribution in [3.63, 3.8) is 0 Å². The van der Waals surface area contributed by atoms with E-state index in [1.165, 1.54) is 0 Å². The van der Waals surface area contributed by atoms with Gasteiger partial charge in [-0.2, -0.15) is 11.3 Å². The molecule has 0 fully saturated rings. The van der Waals surface area contributed by atoms with Gasteiger partial charge in [0.2, 0.25) is 0 Å². The van der Waals surface area contributed by atoms with E-state index in [4.69, 9.17) is 28.9 Å². The molecule has 2 rings (SSSR count). The zero-order chi connectivity index (χ0) is 10.8. The van der Waals surface area contributed by atoms with Crippen molar-refractivity contribution >= 4 is 34.5 Å². The highest BCUT2D eigenvalue weighted by Gasteiger charge is 2.12. The summed E-state index contributed by atoms with van der Waals surface area (Å²) in [4.78, 5) is 0. The van der Waals surface area contributed by atoms with Crippen LogP contribution in [0.1, 0.15) is 17.2 Å². The van der Waals surface area contributed by atoms with E-state index in [2.05, 4.69) is 0 Å². The lowest BCUT2D eigenvalue weighted by Crippen LogP contribution is -2.11. The summed E-state index contributed by atoms with van der Waals surface area (Å²) >= 11 is 13.5. The van der Waals surface area contributed by atoms with Gasteiger partial charge in [-0.05, 0) is 40.1 Å². The first-order valence-corrected chi connectivity index (χ1v) is 6.11. The van der Waals surface area contributed by atoms with Crippen LogP contribution in [0.2, 0.25) is 10.0 Å². The fraction of sp³-hybridized carbons (Fsp3) is 0.0909. The Morgan fingerprint density at radius 1 is 1.20 bits per heavy atom. The summed E-state index contributed by atoms with van der Waals surface area (Å²) in [6.07, 6.45) is 0. The molecule has 0 spiro atoms. The summed E-state index contributed by atoms with van der Waals surface area (Å²) in [7, 11) is 0. The fourth-order valence-electron chi connectivity index (χ4n) is 1.39. The molecule has 1 aromatic carbocycles. The zero-order valence-electron chi connectivity index (χ0n) is 7.78. The standard InChI is InChI=1S/C11H9Cl2NS/c12-8-1-2-9(10(13)5-8)11(14)7-3-4-15-6-7/h1-6,11H,14H2. The largest absolute Gasteiger partial charge is 0.320 e. The molecule has 0 radical (unpaired) electrons. The molecular weight excluding hydrogens is 249 g/mol. The van der Waals surface area contributed by atoms with E-state index in [-0.39, 0.29) is 6.04 Å². The third kappa shape index (κ3) is 2.34. The molecule has 1 unspecified atom stereocenters. The lowest BCUT2D eigenvalue weighted by atomic mass is 10.0. The highest BCUT2D eigenvalue weighted by atomic mass is 35.5. The second kappa shape index (κ2) is 4.54. The van der Waals surface area contributed by atoms with Crippen LogP contribution in [0.4, 0.5) is 0 Å². The Labute approximate surface area is 102 Å². The van der Waals surface area contributed by atoms with Crippen LogP contribution in [0.3, 0.4) is 0 Å². The van der Waals surface area contributed by atoms with E-state index in [0.29, 0.717) is 10.0 Å². The Morgan fingerprint density at radius 3 is 2.60 bits per heavy atom. The van der Waals surface area contributed by atoms with Gasteiger partial charge in [0, 0.05) is 10.0 Å². The van der Waals surface area contributed by atoms with E-state index in [1.807, 2.05) is 22.9 Å². The topological polar surface area (TPSA) is 26.0 Å². The summed E-state index contributed by atoms with van der Waals surface area (Å²) < 4.78 is 0. The molecule has 0 saturated heterocycles. The molecule has 2 aromatic rings. The number of rotatable bonds is 2. The molecule has 1 atom stereocenters. The first-order chi connectivity index (χ1) is 7.18. The highest BCUT2D eigenvalue weighted by molar-refractivity contribution is 7.08. The Kier molecular flexibility index (Phi) is 3.32. The Balaban J connectivity index is 2.38. The third-order valence-electron chi connectivity index (χ3n) is 2.20. The van der Waals surface area contributed by atoms with E-state index in [0.717, 1.165) is 11.1 Å². The van der Waals surface area contributed by atoms with Crippen LogP contribution < -0.4 is 5.73 Å². The van der Waals surface area contributed by atoms with E-state index < -0.39 is 0 Å². The molecule has 0 bridgehead atoms. The Bertz CT molecular complexity index is 454. The maximum absolute atomic E-state index is 6.09. The summed E-state index contributed by atoms with van der Waals surface area (Å²) in [5.74, 6) is 0. The predicted molar refractivity (Wildman–Crippen MR) is 66.8 cm³/mol. The average Bonchev–Trinajstić information content (AvgIpc) is 2.69. The van der Waals surface area contributed by atoms with Gasteiger partial charge in [-0.3, -0.25) is 0 Å². The average molecular weight is 258 g/mol. The summed E-state index contributed by atoms with van der Waals surface area (Å²) in [6, 6.07) is 7.20. The molecule has 78 valence electrons. The van der Waals surface area contributed by atoms with Crippen LogP contribution in [-0.4, -0.2) is 0 Å². The quantitative estimate of drug-likeness (QED) is 0.862. The van der Waals surface area contributed by atoms with Crippen LogP contribution in [0.15, 0.2) is 35.0 Å². The molecule has 4 heteroatoms. The lowest BCUT2D eigenvalue weighted by molar-refractivity contribution is 0.877. The van der Waals surface area contributed by atoms with Gasteiger partial charge in [0.1, 0.15) is 0 Å². The lowest BCUT2D eigenvalue weighted by Gasteiger charge is -2.12. The van der Waals surface area contributed by atoms with Crippen LogP contribution in [0.5, 0.6) is 0 Å². The number of benzene rings is 1. The van der Waals surface area contributed by atoms with Crippen molar-refractivity contribution in [2.45, 2.75) is 6.04 Å². The summed E-state index contributed by atoms with van der Waals surface area (Å²) in [6.45, 7) is 0. The van der Waals surface area contributed by atoms with Crippen molar-refractivity contribution in [1.29, 1.82) is 0 Å². The molecule has 1 heterocycles. The van der Waals surface area contributed by atoms with E-state index in [9.17, 15) is 0 Å². The summed E-state index contributed by atoms with van der Waals surface area (Å²) in [5.41, 5.74) is 8.07. The molecule has 1 nitrogen and oxygen atoms in total. The van der Waals surface area contributed by atoms with Gasteiger partial charge in [-0.25, -0.2) is 0 Å². The number of thiophene rings is 1. The smallest absolute Gasteiger partial charge is 0.0574 e. The van der Waals surface area contributed by atoms with Crippen LogP contribution in [0, 0.1) is 0 Å². The summed E-state index contributed by atoms with van der Waals surface area (Å²) in [5, 5.41) is 5.26. The number of halogens is 2. The number of hydrogen-bond acceptors (Lipinski definition) is 2. The van der Waals surface area contributed by atoms with Crippen LogP contribution in [-0.2, 0) is 0 Å². The normalized spacial score (nSPS) is 12.7. The van der Waals surface area contributed by atoms with Crippen LogP contribution in [0.25, 0.3) is 0 Å². The van der Waals surface area contributed by atoms with Crippen molar-refractivity contribution < 1.29 is 0 Å². The molecule has 0 amide bonds. The van der Waals surface area contributed by atoms with Crippen molar-refractivity contribution in [1.82, 2.24) is 0 Å². The molecule has 2 N–H and O–H groups in total. The highest BCUT2D eigenvalue weighted by Crippen LogP contribution is 2.29. The van der Waals surface area contributed by atoms with Gasteiger partial charge in [-0.15, -0.1) is 0 Å². The first kappa shape index (κ1) is 11.0. The number of hydrogen-bond donors (Lipinski definition) is 1. The Morgan fingerprint density at radius 2 is 2.00 bits per heavy atom. The van der Waals surface area contributed by atoms with Gasteiger partial charge in [0.05, 0.1) is 6.04 Å². The zero-order valence-corrected chi connectivity index (χ0v) is 10.1. The fourth-order valence-corrected chi connectivity index (χ4v) is 2.61. The van der Waals surface area contributed by atoms with Gasteiger partial charge in [-0.1, -0.05) is 29.3 Å². The third-order valence-corrected chi connectivity index (χ3v) is 3.46. The maximum Gasteiger partial charge on any atom is 0.0574 e. The Hall–Kier alpha value is -0.540. The molecule has 15 heavy (non-hydrogen) atoms. The SMILES string of the molecule is NC(c1ccsc1)c1ccc(Cl)cc1Cl. The maximum atomic E-state index is 6.09. The first-order valence-electron chi connectivity index (χ1n) is 4.41. The van der Waals surface area contributed by atoms with Gasteiger partial charge >= 0.3 is 0 Å². The van der Waals surface area contributed by atoms with Crippen molar-refractivity contribution in [2.24, 2.45) is 5.73 Å². The van der Waals surface area contributed by atoms with Crippen molar-refractivity contribution in [3.05, 3.63) is 56.2 Å². The van der Waals surface area contributed by atoms with E-state index >= 15 is 0 Å². The predicted octanol–water partition coefficient (Wildman–Crippen LogP) is 4.10. The van der Waals surface area contributed by atoms with Crippen molar-refractivity contribution in [3.8, 4) is 0 Å². The molecular formula is C11H9Cl2NS. The minimum atomic E-state index is -0.180.